The van der Waals surface area contributed by atoms with Gasteiger partial charge >= 0.3 is 6.09 Å². The summed E-state index contributed by atoms with van der Waals surface area (Å²) in [5, 5.41) is 0. The van der Waals surface area contributed by atoms with Crippen LogP contribution in [0, 0.1) is 6.92 Å². The van der Waals surface area contributed by atoms with Crippen LogP contribution in [0.1, 0.15) is 55.7 Å². The summed E-state index contributed by atoms with van der Waals surface area (Å²) in [6.45, 7) is 9.26. The summed E-state index contributed by atoms with van der Waals surface area (Å²) < 4.78 is 5.70. The second-order valence-electron chi connectivity index (χ2n) is 9.83. The molecule has 1 heterocycles. The fourth-order valence-corrected chi connectivity index (χ4v) is 4.65. The molecule has 1 saturated heterocycles. The smallest absolute Gasteiger partial charge is 0.410 e. The van der Waals surface area contributed by atoms with Crippen LogP contribution in [0.4, 0.5) is 4.79 Å². The van der Waals surface area contributed by atoms with E-state index in [2.05, 4.69) is 85.8 Å². The summed E-state index contributed by atoms with van der Waals surface area (Å²) in [6, 6.07) is 28.1. The number of carbonyl (C=O) groups excluding carboxylic acids is 1. The van der Waals surface area contributed by atoms with Gasteiger partial charge in [-0.1, -0.05) is 84.4 Å². The molecule has 32 heavy (non-hydrogen) atoms. The molecule has 1 aliphatic rings. The third-order valence-corrected chi connectivity index (χ3v) is 6.16. The maximum Gasteiger partial charge on any atom is 0.410 e. The molecule has 4 rings (SSSR count). The molecule has 0 radical (unpaired) electrons. The second-order valence-corrected chi connectivity index (χ2v) is 9.83. The number of nitrogens with zero attached hydrogens (tertiary/aromatic N) is 1. The Labute approximate surface area is 192 Å². The summed E-state index contributed by atoms with van der Waals surface area (Å²) in [5.41, 5.74) is 5.81. The number of amides is 1. The third-order valence-electron chi connectivity index (χ3n) is 6.16. The Balaban J connectivity index is 1.68. The van der Waals surface area contributed by atoms with Gasteiger partial charge in [0.05, 0.1) is 0 Å². The largest absolute Gasteiger partial charge is 0.444 e. The molecule has 0 bridgehead atoms. The Morgan fingerprint density at radius 2 is 1.50 bits per heavy atom. The van der Waals surface area contributed by atoms with E-state index in [1.165, 1.54) is 27.8 Å². The van der Waals surface area contributed by atoms with Gasteiger partial charge in [0.2, 0.25) is 0 Å². The minimum atomic E-state index is -0.492. The van der Waals surface area contributed by atoms with Gasteiger partial charge in [-0.25, -0.2) is 4.79 Å². The van der Waals surface area contributed by atoms with Crippen LogP contribution >= 0.6 is 0 Å². The maximum atomic E-state index is 12.9. The predicted molar refractivity (Wildman–Crippen MR) is 131 cm³/mol. The van der Waals surface area contributed by atoms with Gasteiger partial charge in [0.25, 0.3) is 0 Å². The summed E-state index contributed by atoms with van der Waals surface area (Å²) in [7, 11) is 0. The van der Waals surface area contributed by atoms with Crippen molar-refractivity contribution in [2.24, 2.45) is 0 Å². The highest BCUT2D eigenvalue weighted by molar-refractivity contribution is 5.69. The van der Waals surface area contributed by atoms with Crippen LogP contribution in [0.5, 0.6) is 0 Å². The molecule has 0 saturated carbocycles. The van der Waals surface area contributed by atoms with Crippen LogP contribution in [-0.2, 0) is 4.74 Å². The molecule has 0 aliphatic carbocycles. The van der Waals surface area contributed by atoms with Crippen molar-refractivity contribution in [3.63, 3.8) is 0 Å². The molecule has 0 N–H and O–H groups in total. The Hall–Kier alpha value is -3.07. The van der Waals surface area contributed by atoms with Gasteiger partial charge in [0, 0.05) is 19.0 Å². The fourth-order valence-electron chi connectivity index (χ4n) is 4.65. The Kier molecular flexibility index (Phi) is 6.36. The summed E-state index contributed by atoms with van der Waals surface area (Å²) in [5.74, 6) is 0.575. The van der Waals surface area contributed by atoms with E-state index in [4.69, 9.17) is 4.74 Å². The van der Waals surface area contributed by atoms with Crippen molar-refractivity contribution in [3.8, 4) is 11.1 Å². The number of piperidine rings is 1. The standard InChI is InChI=1S/C29H33NO2/c1-21-10-8-13-23(18-21)24-14-9-15-25(19-24)27-20-30(28(31)32-29(2,3)4)17-16-26(27)22-11-6-5-7-12-22/h5-15,18-19,26-27H,16-17,20H2,1-4H3/t26-,27-/m1/s1. The Bertz CT molecular complexity index is 1070. The average molecular weight is 428 g/mol. The van der Waals surface area contributed by atoms with Crippen molar-refractivity contribution >= 4 is 6.09 Å². The van der Waals surface area contributed by atoms with Crippen LogP contribution in [0.15, 0.2) is 78.9 Å². The molecule has 3 nitrogen and oxygen atoms in total. The van der Waals surface area contributed by atoms with Gasteiger partial charge in [-0.05, 0) is 62.3 Å². The minimum Gasteiger partial charge on any atom is -0.444 e. The Morgan fingerprint density at radius 1 is 0.844 bits per heavy atom. The molecule has 0 unspecified atom stereocenters. The van der Waals surface area contributed by atoms with E-state index in [1.807, 2.05) is 25.7 Å². The summed E-state index contributed by atoms with van der Waals surface area (Å²) in [4.78, 5) is 14.7. The van der Waals surface area contributed by atoms with Crippen LogP contribution in [0.3, 0.4) is 0 Å². The van der Waals surface area contributed by atoms with Crippen molar-refractivity contribution in [3.05, 3.63) is 95.6 Å². The van der Waals surface area contributed by atoms with Crippen LogP contribution < -0.4 is 0 Å². The number of benzene rings is 3. The van der Waals surface area contributed by atoms with Crippen molar-refractivity contribution in [2.75, 3.05) is 13.1 Å². The average Bonchev–Trinajstić information content (AvgIpc) is 2.78. The molecule has 3 aromatic carbocycles. The van der Waals surface area contributed by atoms with Crippen LogP contribution in [0.25, 0.3) is 11.1 Å². The van der Waals surface area contributed by atoms with Gasteiger partial charge < -0.3 is 9.64 Å². The molecule has 1 aliphatic heterocycles. The van der Waals surface area contributed by atoms with Crippen molar-refractivity contribution < 1.29 is 9.53 Å². The highest BCUT2D eigenvalue weighted by atomic mass is 16.6. The molecule has 0 spiro atoms. The number of ether oxygens (including phenoxy) is 1. The van der Waals surface area contributed by atoms with Gasteiger partial charge in [-0.2, -0.15) is 0 Å². The number of hydrogen-bond acceptors (Lipinski definition) is 2. The highest BCUT2D eigenvalue weighted by Crippen LogP contribution is 2.41. The lowest BCUT2D eigenvalue weighted by atomic mass is 9.76. The second kappa shape index (κ2) is 9.20. The van der Waals surface area contributed by atoms with E-state index >= 15 is 0 Å². The molecule has 1 amide bonds. The fraction of sp³-hybridized carbons (Fsp3) is 0.345. The van der Waals surface area contributed by atoms with Crippen molar-refractivity contribution in [1.29, 1.82) is 0 Å². The van der Waals surface area contributed by atoms with Gasteiger partial charge in [0.15, 0.2) is 0 Å². The zero-order valence-electron chi connectivity index (χ0n) is 19.5. The SMILES string of the molecule is Cc1cccc(-c2cccc([C@H]3CN(C(=O)OC(C)(C)C)CC[C@@H]3c3ccccc3)c2)c1. The number of hydrogen-bond donors (Lipinski definition) is 0. The lowest BCUT2D eigenvalue weighted by Crippen LogP contribution is -2.44. The van der Waals surface area contributed by atoms with Gasteiger partial charge in [-0.3, -0.25) is 0 Å². The van der Waals surface area contributed by atoms with Crippen LogP contribution in [-0.4, -0.2) is 29.7 Å². The van der Waals surface area contributed by atoms with Crippen molar-refractivity contribution in [2.45, 2.75) is 51.6 Å². The number of carbonyl (C=O) groups is 1. The van der Waals surface area contributed by atoms with E-state index in [9.17, 15) is 4.79 Å². The normalized spacial score (nSPS) is 18.9. The first-order valence-corrected chi connectivity index (χ1v) is 11.5. The topological polar surface area (TPSA) is 29.5 Å². The first-order chi connectivity index (χ1) is 15.3. The van der Waals surface area contributed by atoms with Crippen molar-refractivity contribution in [1.82, 2.24) is 4.90 Å². The Morgan fingerprint density at radius 3 is 2.19 bits per heavy atom. The lowest BCUT2D eigenvalue weighted by molar-refractivity contribution is 0.0184. The minimum absolute atomic E-state index is 0.212. The van der Waals surface area contributed by atoms with E-state index < -0.39 is 5.60 Å². The summed E-state index contributed by atoms with van der Waals surface area (Å²) >= 11 is 0. The summed E-state index contributed by atoms with van der Waals surface area (Å²) in [6.07, 6.45) is 0.701. The molecule has 1 fully saturated rings. The number of likely N-dealkylation sites (tertiary alicyclic amines) is 1. The maximum absolute atomic E-state index is 12.9. The quantitative estimate of drug-likeness (QED) is 0.443. The predicted octanol–water partition coefficient (Wildman–Crippen LogP) is 7.17. The zero-order valence-corrected chi connectivity index (χ0v) is 19.5. The number of rotatable bonds is 3. The molecule has 166 valence electrons. The van der Waals surface area contributed by atoms with Crippen LogP contribution in [0.2, 0.25) is 0 Å². The monoisotopic (exact) mass is 427 g/mol. The molecule has 3 heteroatoms. The highest BCUT2D eigenvalue weighted by Gasteiger charge is 2.35. The molecular weight excluding hydrogens is 394 g/mol. The van der Waals surface area contributed by atoms with Gasteiger partial charge in [0.1, 0.15) is 5.60 Å². The molecule has 0 aromatic heterocycles. The number of aryl methyl sites for hydroxylation is 1. The lowest BCUT2D eigenvalue weighted by Gasteiger charge is -2.39. The molecule has 2 atom stereocenters. The third kappa shape index (κ3) is 5.21. The van der Waals surface area contributed by atoms with E-state index in [-0.39, 0.29) is 12.0 Å². The molecule has 3 aromatic rings. The molecular formula is C29H33NO2. The van der Waals surface area contributed by atoms with E-state index in [0.717, 1.165) is 6.42 Å². The first-order valence-electron chi connectivity index (χ1n) is 11.5. The van der Waals surface area contributed by atoms with E-state index in [1.54, 1.807) is 0 Å². The first kappa shape index (κ1) is 22.1. The van der Waals surface area contributed by atoms with E-state index in [0.29, 0.717) is 19.0 Å². The van der Waals surface area contributed by atoms with Gasteiger partial charge in [-0.15, -0.1) is 0 Å². The zero-order chi connectivity index (χ0) is 22.7.